The summed E-state index contributed by atoms with van der Waals surface area (Å²) >= 11 is 3.59. The molecule has 0 bridgehead atoms. The van der Waals surface area contributed by atoms with Crippen LogP contribution < -0.4 is 5.32 Å². The van der Waals surface area contributed by atoms with Crippen LogP contribution >= 0.6 is 15.9 Å². The zero-order chi connectivity index (χ0) is 12.3. The molecule has 94 valence electrons. The van der Waals surface area contributed by atoms with Crippen molar-refractivity contribution in [2.45, 2.75) is 39.5 Å². The molecule has 2 rings (SSSR count). The Morgan fingerprint density at radius 3 is 2.76 bits per heavy atom. The highest BCUT2D eigenvalue weighted by Gasteiger charge is 2.18. The molecule has 0 spiro atoms. The molecule has 1 fully saturated rings. The topological polar surface area (TPSA) is 24.9 Å². The molecule has 2 nitrogen and oxygen atoms in total. The van der Waals surface area contributed by atoms with Gasteiger partial charge in [-0.2, -0.15) is 0 Å². The molecule has 17 heavy (non-hydrogen) atoms. The average molecular weight is 297 g/mol. The largest absolute Gasteiger partial charge is 0.369 e. The van der Waals surface area contributed by atoms with Crippen LogP contribution in [0.3, 0.4) is 0 Å². The minimum Gasteiger partial charge on any atom is -0.369 e. The third kappa shape index (κ3) is 3.44. The normalized spacial score (nSPS) is 24.6. The fraction of sp³-hybridized carbons (Fsp3) is 0.643. The summed E-state index contributed by atoms with van der Waals surface area (Å²) in [6.45, 7) is 5.52. The molecule has 1 aromatic heterocycles. The number of nitrogens with zero attached hydrogens (tertiary/aromatic N) is 1. The fourth-order valence-electron chi connectivity index (χ4n) is 2.44. The second kappa shape index (κ2) is 5.85. The Balaban J connectivity index is 1.87. The predicted molar refractivity (Wildman–Crippen MR) is 76.3 cm³/mol. The van der Waals surface area contributed by atoms with E-state index in [1.165, 1.54) is 31.2 Å². The van der Waals surface area contributed by atoms with Gasteiger partial charge in [0.2, 0.25) is 0 Å². The lowest BCUT2D eigenvalue weighted by Gasteiger charge is -2.26. The molecule has 1 aromatic rings. The van der Waals surface area contributed by atoms with Gasteiger partial charge in [0.25, 0.3) is 0 Å². The number of anilines is 1. The minimum atomic E-state index is 0.820. The summed E-state index contributed by atoms with van der Waals surface area (Å²) in [6.07, 6.45) is 7.35. The highest BCUT2D eigenvalue weighted by molar-refractivity contribution is 9.10. The molecule has 0 aromatic carbocycles. The van der Waals surface area contributed by atoms with E-state index in [2.05, 4.69) is 40.1 Å². The Bertz CT molecular complexity index is 370. The summed E-state index contributed by atoms with van der Waals surface area (Å²) in [5.74, 6) is 2.74. The van der Waals surface area contributed by atoms with Crippen molar-refractivity contribution in [3.8, 4) is 0 Å². The quantitative estimate of drug-likeness (QED) is 0.895. The van der Waals surface area contributed by atoms with Crippen LogP contribution in [0.4, 0.5) is 5.82 Å². The second-order valence-corrected chi connectivity index (χ2v) is 6.09. The van der Waals surface area contributed by atoms with Gasteiger partial charge in [0, 0.05) is 12.7 Å². The Morgan fingerprint density at radius 1 is 1.35 bits per heavy atom. The molecule has 0 radical (unpaired) electrons. The molecule has 0 atom stereocenters. The molecule has 0 aliphatic heterocycles. The van der Waals surface area contributed by atoms with Gasteiger partial charge >= 0.3 is 0 Å². The number of nitrogens with one attached hydrogen (secondary N) is 1. The number of halogens is 1. The molecule has 0 amide bonds. The number of aryl methyl sites for hydroxylation is 1. The zero-order valence-electron chi connectivity index (χ0n) is 10.7. The smallest absolute Gasteiger partial charge is 0.140 e. The van der Waals surface area contributed by atoms with Crippen molar-refractivity contribution in [2.24, 2.45) is 11.8 Å². The zero-order valence-corrected chi connectivity index (χ0v) is 12.3. The molecule has 0 unspecified atom stereocenters. The maximum absolute atomic E-state index is 4.38. The van der Waals surface area contributed by atoms with Gasteiger partial charge in [-0.3, -0.25) is 0 Å². The van der Waals surface area contributed by atoms with Crippen molar-refractivity contribution in [3.63, 3.8) is 0 Å². The molecule has 1 saturated carbocycles. The van der Waals surface area contributed by atoms with Crippen molar-refractivity contribution in [1.29, 1.82) is 0 Å². The lowest BCUT2D eigenvalue weighted by atomic mass is 9.83. The Morgan fingerprint density at radius 2 is 2.06 bits per heavy atom. The SMILES string of the molecule is Cc1ccnc(NCC2CCC(C)CC2)c1Br. The molecular formula is C14H21BrN2. The predicted octanol–water partition coefficient (Wildman–Crippen LogP) is 4.39. The molecule has 1 heterocycles. The van der Waals surface area contributed by atoms with E-state index in [0.29, 0.717) is 0 Å². The summed E-state index contributed by atoms with van der Waals surface area (Å²) in [4.78, 5) is 4.38. The molecule has 1 aliphatic rings. The first kappa shape index (κ1) is 12.9. The Labute approximate surface area is 112 Å². The van der Waals surface area contributed by atoms with E-state index in [1.807, 2.05) is 12.3 Å². The van der Waals surface area contributed by atoms with Gasteiger partial charge in [-0.05, 0) is 59.2 Å². The highest BCUT2D eigenvalue weighted by Crippen LogP contribution is 2.29. The van der Waals surface area contributed by atoms with Gasteiger partial charge in [0.05, 0.1) is 4.47 Å². The van der Waals surface area contributed by atoms with Crippen LogP contribution in [0.5, 0.6) is 0 Å². The third-order valence-corrected chi connectivity index (χ3v) is 4.78. The van der Waals surface area contributed by atoms with Crippen molar-refractivity contribution in [2.75, 3.05) is 11.9 Å². The fourth-order valence-corrected chi connectivity index (χ4v) is 2.81. The van der Waals surface area contributed by atoms with E-state index in [0.717, 1.165) is 28.7 Å². The van der Waals surface area contributed by atoms with E-state index < -0.39 is 0 Å². The maximum atomic E-state index is 4.38. The lowest BCUT2D eigenvalue weighted by Crippen LogP contribution is -2.20. The summed E-state index contributed by atoms with van der Waals surface area (Å²) in [5.41, 5.74) is 1.24. The Kier molecular flexibility index (Phi) is 4.43. The maximum Gasteiger partial charge on any atom is 0.140 e. The first-order valence-electron chi connectivity index (χ1n) is 6.51. The number of rotatable bonds is 3. The van der Waals surface area contributed by atoms with Crippen molar-refractivity contribution >= 4 is 21.7 Å². The van der Waals surface area contributed by atoms with Crippen molar-refractivity contribution in [3.05, 3.63) is 22.3 Å². The minimum absolute atomic E-state index is 0.820. The van der Waals surface area contributed by atoms with Crippen molar-refractivity contribution < 1.29 is 0 Å². The summed E-state index contributed by atoms with van der Waals surface area (Å²) in [7, 11) is 0. The van der Waals surface area contributed by atoms with Crippen LogP contribution in [0, 0.1) is 18.8 Å². The molecule has 0 saturated heterocycles. The number of hydrogen-bond donors (Lipinski definition) is 1. The molecule has 3 heteroatoms. The Hall–Kier alpha value is -0.570. The van der Waals surface area contributed by atoms with E-state index in [1.54, 1.807) is 0 Å². The van der Waals surface area contributed by atoms with Crippen molar-refractivity contribution in [1.82, 2.24) is 4.98 Å². The average Bonchev–Trinajstić information content (AvgIpc) is 2.33. The van der Waals surface area contributed by atoms with Crippen LogP contribution in [0.1, 0.15) is 38.2 Å². The van der Waals surface area contributed by atoms with E-state index in [-0.39, 0.29) is 0 Å². The first-order chi connectivity index (χ1) is 8.16. The first-order valence-corrected chi connectivity index (χ1v) is 7.31. The standard InChI is InChI=1S/C14H21BrN2/c1-10-3-5-12(6-4-10)9-17-14-13(15)11(2)7-8-16-14/h7-8,10,12H,3-6,9H2,1-2H3,(H,16,17). The van der Waals surface area contributed by atoms with Crippen LogP contribution in [-0.4, -0.2) is 11.5 Å². The molecule has 1 aliphatic carbocycles. The van der Waals surface area contributed by atoms with Gasteiger partial charge in [-0.1, -0.05) is 19.8 Å². The number of aromatic nitrogens is 1. The lowest BCUT2D eigenvalue weighted by molar-refractivity contribution is 0.300. The summed E-state index contributed by atoms with van der Waals surface area (Å²) in [5, 5.41) is 3.48. The van der Waals surface area contributed by atoms with Gasteiger partial charge in [0.15, 0.2) is 0 Å². The summed E-state index contributed by atoms with van der Waals surface area (Å²) < 4.78 is 1.10. The summed E-state index contributed by atoms with van der Waals surface area (Å²) in [6, 6.07) is 2.03. The third-order valence-electron chi connectivity index (χ3n) is 3.78. The van der Waals surface area contributed by atoms with Gasteiger partial charge < -0.3 is 5.32 Å². The number of hydrogen-bond acceptors (Lipinski definition) is 2. The van der Waals surface area contributed by atoms with E-state index in [4.69, 9.17) is 0 Å². The molecular weight excluding hydrogens is 276 g/mol. The highest BCUT2D eigenvalue weighted by atomic mass is 79.9. The monoisotopic (exact) mass is 296 g/mol. The van der Waals surface area contributed by atoms with Crippen LogP contribution in [0.15, 0.2) is 16.7 Å². The van der Waals surface area contributed by atoms with Crippen LogP contribution in [0.2, 0.25) is 0 Å². The van der Waals surface area contributed by atoms with E-state index in [9.17, 15) is 0 Å². The number of pyridine rings is 1. The van der Waals surface area contributed by atoms with E-state index >= 15 is 0 Å². The van der Waals surface area contributed by atoms with Crippen LogP contribution in [0.25, 0.3) is 0 Å². The molecule has 1 N–H and O–H groups in total. The van der Waals surface area contributed by atoms with Gasteiger partial charge in [-0.15, -0.1) is 0 Å². The second-order valence-electron chi connectivity index (χ2n) is 5.30. The van der Waals surface area contributed by atoms with Gasteiger partial charge in [-0.25, -0.2) is 4.98 Å². The van der Waals surface area contributed by atoms with Gasteiger partial charge in [0.1, 0.15) is 5.82 Å². The van der Waals surface area contributed by atoms with Crippen LogP contribution in [-0.2, 0) is 0 Å².